The maximum Gasteiger partial charge on any atom is 0.272 e. The van der Waals surface area contributed by atoms with Crippen LogP contribution in [0.3, 0.4) is 0 Å². The second kappa shape index (κ2) is 18.6. The Balaban J connectivity index is 1.81. The molecule has 0 aliphatic carbocycles. The van der Waals surface area contributed by atoms with Gasteiger partial charge >= 0.3 is 0 Å². The minimum absolute atomic E-state index is 0.264. The molecule has 166 valence electrons. The van der Waals surface area contributed by atoms with Crippen LogP contribution in [-0.2, 0) is 6.42 Å². The van der Waals surface area contributed by atoms with Crippen molar-refractivity contribution in [2.24, 2.45) is 5.73 Å². The number of aryl methyl sites for hydroxylation is 1. The Morgan fingerprint density at radius 1 is 0.621 bits per heavy atom. The van der Waals surface area contributed by atoms with Crippen LogP contribution >= 0.6 is 0 Å². The Hall–Kier alpha value is -1.42. The fraction of sp³-hybridized carbons (Fsp3) is 0.760. The maximum atomic E-state index is 11.0. The third kappa shape index (κ3) is 14.2. The molecule has 29 heavy (non-hydrogen) atoms. The Morgan fingerprint density at radius 2 is 1.00 bits per heavy atom. The summed E-state index contributed by atoms with van der Waals surface area (Å²) in [5.74, 6) is 0. The zero-order chi connectivity index (χ0) is 21.0. The lowest BCUT2D eigenvalue weighted by molar-refractivity contribution is -0.385. The van der Waals surface area contributed by atoms with Crippen LogP contribution in [0.25, 0.3) is 0 Å². The highest BCUT2D eigenvalue weighted by atomic mass is 16.6. The first-order chi connectivity index (χ1) is 14.3. The summed E-state index contributed by atoms with van der Waals surface area (Å²) in [5.41, 5.74) is 6.66. The molecule has 0 saturated carbocycles. The van der Waals surface area contributed by atoms with E-state index in [1.807, 2.05) is 12.1 Å². The molecule has 0 aliphatic rings. The SMILES string of the molecule is NCCCCCCCCCCCCCCCCCCCc1ccccc1[N+](=O)[O-]. The fourth-order valence-corrected chi connectivity index (χ4v) is 4.01. The number of hydrogen-bond acceptors (Lipinski definition) is 3. The molecule has 0 saturated heterocycles. The smallest absolute Gasteiger partial charge is 0.272 e. The number of nitrogens with two attached hydrogens (primary N) is 1. The molecular formula is C25H44N2O2. The molecule has 4 heteroatoms. The molecule has 0 aliphatic heterocycles. The monoisotopic (exact) mass is 404 g/mol. The van der Waals surface area contributed by atoms with E-state index in [9.17, 15) is 10.1 Å². The van der Waals surface area contributed by atoms with Gasteiger partial charge < -0.3 is 5.73 Å². The van der Waals surface area contributed by atoms with Gasteiger partial charge in [-0.2, -0.15) is 0 Å². The van der Waals surface area contributed by atoms with Crippen LogP contribution in [0.5, 0.6) is 0 Å². The lowest BCUT2D eigenvalue weighted by Crippen LogP contribution is -1.97. The Kier molecular flexibility index (Phi) is 16.4. The summed E-state index contributed by atoms with van der Waals surface area (Å²) in [6.45, 7) is 0.848. The average Bonchev–Trinajstić information content (AvgIpc) is 2.73. The number of nitro benzene ring substituents is 1. The molecule has 0 heterocycles. The molecule has 0 bridgehead atoms. The van der Waals surface area contributed by atoms with Gasteiger partial charge in [0.15, 0.2) is 0 Å². The van der Waals surface area contributed by atoms with Gasteiger partial charge in [-0.1, -0.05) is 115 Å². The number of hydrogen-bond donors (Lipinski definition) is 1. The van der Waals surface area contributed by atoms with Crippen LogP contribution in [0.4, 0.5) is 5.69 Å². The molecule has 2 N–H and O–H groups in total. The van der Waals surface area contributed by atoms with Gasteiger partial charge in [-0.3, -0.25) is 10.1 Å². The van der Waals surface area contributed by atoms with E-state index in [1.54, 1.807) is 12.1 Å². The first-order valence-corrected chi connectivity index (χ1v) is 12.2. The molecule has 4 nitrogen and oxygen atoms in total. The van der Waals surface area contributed by atoms with Crippen molar-refractivity contribution in [1.29, 1.82) is 0 Å². The summed E-state index contributed by atoms with van der Waals surface area (Å²) < 4.78 is 0. The number of rotatable bonds is 20. The summed E-state index contributed by atoms with van der Waals surface area (Å²) in [6, 6.07) is 7.14. The van der Waals surface area contributed by atoms with E-state index in [1.165, 1.54) is 103 Å². The lowest BCUT2D eigenvalue weighted by Gasteiger charge is -2.04. The van der Waals surface area contributed by atoms with E-state index in [2.05, 4.69) is 0 Å². The van der Waals surface area contributed by atoms with Crippen molar-refractivity contribution in [3.63, 3.8) is 0 Å². The fourth-order valence-electron chi connectivity index (χ4n) is 4.01. The van der Waals surface area contributed by atoms with Gasteiger partial charge in [0, 0.05) is 11.6 Å². The van der Waals surface area contributed by atoms with Gasteiger partial charge in [0.1, 0.15) is 0 Å². The minimum atomic E-state index is -0.264. The maximum absolute atomic E-state index is 11.0. The third-order valence-electron chi connectivity index (χ3n) is 5.84. The van der Waals surface area contributed by atoms with Gasteiger partial charge in [-0.15, -0.1) is 0 Å². The molecule has 0 fully saturated rings. The van der Waals surface area contributed by atoms with Gasteiger partial charge in [0.05, 0.1) is 4.92 Å². The second-order valence-electron chi connectivity index (χ2n) is 8.43. The topological polar surface area (TPSA) is 69.2 Å². The molecule has 1 rings (SSSR count). The van der Waals surface area contributed by atoms with E-state index in [-0.39, 0.29) is 10.6 Å². The van der Waals surface area contributed by atoms with Crippen molar-refractivity contribution in [3.8, 4) is 0 Å². The molecule has 0 atom stereocenters. The van der Waals surface area contributed by atoms with E-state index >= 15 is 0 Å². The van der Waals surface area contributed by atoms with E-state index in [0.29, 0.717) is 0 Å². The molecule has 0 aromatic heterocycles. The number of nitro groups is 1. The van der Waals surface area contributed by atoms with E-state index in [0.717, 1.165) is 24.9 Å². The quantitative estimate of drug-likeness (QED) is 0.137. The zero-order valence-electron chi connectivity index (χ0n) is 18.6. The van der Waals surface area contributed by atoms with Gasteiger partial charge in [-0.05, 0) is 25.8 Å². The predicted octanol–water partition coefficient (Wildman–Crippen LogP) is 7.73. The van der Waals surface area contributed by atoms with E-state index < -0.39 is 0 Å². The highest BCUT2D eigenvalue weighted by Gasteiger charge is 2.11. The molecule has 0 unspecified atom stereocenters. The molecule has 0 spiro atoms. The largest absolute Gasteiger partial charge is 0.330 e. The van der Waals surface area contributed by atoms with Gasteiger partial charge in [0.25, 0.3) is 5.69 Å². The van der Waals surface area contributed by atoms with Gasteiger partial charge in [-0.25, -0.2) is 0 Å². The average molecular weight is 405 g/mol. The summed E-state index contributed by atoms with van der Waals surface area (Å²) in [7, 11) is 0. The van der Waals surface area contributed by atoms with Crippen molar-refractivity contribution < 1.29 is 4.92 Å². The molecule has 1 aromatic carbocycles. The van der Waals surface area contributed by atoms with Crippen LogP contribution in [0.1, 0.15) is 115 Å². The summed E-state index contributed by atoms with van der Waals surface area (Å²) in [6.07, 6.45) is 23.4. The van der Waals surface area contributed by atoms with Gasteiger partial charge in [0.2, 0.25) is 0 Å². The second-order valence-corrected chi connectivity index (χ2v) is 8.43. The number of para-hydroxylation sites is 1. The van der Waals surface area contributed by atoms with Crippen molar-refractivity contribution in [2.45, 2.75) is 116 Å². The number of benzene rings is 1. The molecular weight excluding hydrogens is 360 g/mol. The van der Waals surface area contributed by atoms with Crippen LogP contribution in [-0.4, -0.2) is 11.5 Å². The van der Waals surface area contributed by atoms with Crippen molar-refractivity contribution >= 4 is 5.69 Å². The molecule has 0 amide bonds. The highest BCUT2D eigenvalue weighted by molar-refractivity contribution is 5.39. The van der Waals surface area contributed by atoms with Crippen molar-refractivity contribution in [1.82, 2.24) is 0 Å². The highest BCUT2D eigenvalue weighted by Crippen LogP contribution is 2.20. The molecule has 0 radical (unpaired) electrons. The van der Waals surface area contributed by atoms with Crippen molar-refractivity contribution in [3.05, 3.63) is 39.9 Å². The Morgan fingerprint density at radius 3 is 1.41 bits per heavy atom. The summed E-state index contributed by atoms with van der Waals surface area (Å²) in [4.78, 5) is 10.8. The van der Waals surface area contributed by atoms with Crippen LogP contribution in [0.15, 0.2) is 24.3 Å². The van der Waals surface area contributed by atoms with Crippen LogP contribution < -0.4 is 5.73 Å². The normalized spacial score (nSPS) is 11.1. The lowest BCUT2D eigenvalue weighted by atomic mass is 10.0. The number of unbranched alkanes of at least 4 members (excludes halogenated alkanes) is 16. The minimum Gasteiger partial charge on any atom is -0.330 e. The third-order valence-corrected chi connectivity index (χ3v) is 5.84. The Labute approximate surface area is 178 Å². The number of nitrogens with zero attached hydrogens (tertiary/aromatic N) is 1. The predicted molar refractivity (Wildman–Crippen MR) is 124 cm³/mol. The van der Waals surface area contributed by atoms with Crippen LogP contribution in [0, 0.1) is 10.1 Å². The first kappa shape index (κ1) is 25.6. The summed E-state index contributed by atoms with van der Waals surface area (Å²) in [5, 5.41) is 11.0. The van der Waals surface area contributed by atoms with E-state index in [4.69, 9.17) is 5.73 Å². The summed E-state index contributed by atoms with van der Waals surface area (Å²) >= 11 is 0. The standard InChI is InChI=1S/C25H44N2O2/c26-23-19-15-13-11-9-7-5-3-1-2-4-6-8-10-12-14-16-20-24-21-17-18-22-25(24)27(28)29/h17-18,21-22H,1-16,19-20,23,26H2. The Bertz CT molecular complexity index is 519. The van der Waals surface area contributed by atoms with Crippen molar-refractivity contribution in [2.75, 3.05) is 6.54 Å². The van der Waals surface area contributed by atoms with Crippen LogP contribution in [0.2, 0.25) is 0 Å². The first-order valence-electron chi connectivity index (χ1n) is 12.2. The molecule has 1 aromatic rings. The zero-order valence-corrected chi connectivity index (χ0v) is 18.6.